The maximum Gasteiger partial charge on any atom is 0.126 e. The van der Waals surface area contributed by atoms with Crippen molar-refractivity contribution in [2.24, 2.45) is 5.73 Å². The molecule has 0 spiro atoms. The smallest absolute Gasteiger partial charge is 0.126 e. The van der Waals surface area contributed by atoms with Crippen molar-refractivity contribution in [3.63, 3.8) is 0 Å². The fraction of sp³-hybridized carbons (Fsp3) is 0.600. The van der Waals surface area contributed by atoms with Gasteiger partial charge in [0.15, 0.2) is 0 Å². The van der Waals surface area contributed by atoms with Gasteiger partial charge in [0.05, 0.1) is 0 Å². The zero-order valence-corrected chi connectivity index (χ0v) is 12.3. The van der Waals surface area contributed by atoms with E-state index in [-0.39, 0.29) is 17.4 Å². The molecule has 0 heterocycles. The molecule has 0 saturated heterocycles. The molecule has 0 aromatic heterocycles. The summed E-state index contributed by atoms with van der Waals surface area (Å²) in [5.74, 6) is -0.186. The van der Waals surface area contributed by atoms with E-state index in [1.165, 1.54) is 0 Å². The number of nitrogens with zero attached hydrogens (tertiary/aromatic N) is 1. The maximum atomic E-state index is 13.7. The first-order chi connectivity index (χ1) is 8.20. The number of benzene rings is 1. The van der Waals surface area contributed by atoms with Crippen LogP contribution in [0.15, 0.2) is 12.1 Å². The van der Waals surface area contributed by atoms with Gasteiger partial charge in [0, 0.05) is 24.3 Å². The van der Waals surface area contributed by atoms with Crippen molar-refractivity contribution in [3.05, 3.63) is 29.1 Å². The Labute approximate surface area is 110 Å². The van der Waals surface area contributed by atoms with E-state index in [4.69, 9.17) is 5.73 Å². The summed E-state index contributed by atoms with van der Waals surface area (Å²) in [6.45, 7) is 10.2. The molecule has 0 aliphatic carbocycles. The molecule has 0 aliphatic rings. The number of hydrogen-bond donors (Lipinski definition) is 1. The summed E-state index contributed by atoms with van der Waals surface area (Å²) in [4.78, 5) is 2.19. The first-order valence-corrected chi connectivity index (χ1v) is 6.50. The summed E-state index contributed by atoms with van der Waals surface area (Å²) < 4.78 is 13.7. The SMILES string of the molecule is CCC(C)(C)N(C)c1cc(C)c(F)cc1[C@@H](C)N. The van der Waals surface area contributed by atoms with Gasteiger partial charge in [0.2, 0.25) is 0 Å². The quantitative estimate of drug-likeness (QED) is 0.883. The molecule has 102 valence electrons. The Morgan fingerprint density at radius 2 is 1.94 bits per heavy atom. The highest BCUT2D eigenvalue weighted by atomic mass is 19.1. The van der Waals surface area contributed by atoms with Crippen LogP contribution in [0.4, 0.5) is 10.1 Å². The van der Waals surface area contributed by atoms with Crippen molar-refractivity contribution in [1.82, 2.24) is 0 Å². The minimum absolute atomic E-state index is 0.0217. The molecule has 1 atom stereocenters. The summed E-state index contributed by atoms with van der Waals surface area (Å²) in [5.41, 5.74) is 8.53. The lowest BCUT2D eigenvalue weighted by Gasteiger charge is -2.38. The van der Waals surface area contributed by atoms with Gasteiger partial charge in [0.25, 0.3) is 0 Å². The van der Waals surface area contributed by atoms with Crippen LogP contribution in [0.1, 0.15) is 51.3 Å². The van der Waals surface area contributed by atoms with Crippen LogP contribution in [0.2, 0.25) is 0 Å². The van der Waals surface area contributed by atoms with Crippen molar-refractivity contribution in [2.75, 3.05) is 11.9 Å². The highest BCUT2D eigenvalue weighted by Crippen LogP contribution is 2.32. The number of nitrogens with two attached hydrogens (primary N) is 1. The summed E-state index contributed by atoms with van der Waals surface area (Å²) in [5, 5.41) is 0. The van der Waals surface area contributed by atoms with Crippen molar-refractivity contribution >= 4 is 5.69 Å². The normalized spacial score (nSPS) is 13.6. The predicted molar refractivity (Wildman–Crippen MR) is 76.5 cm³/mol. The van der Waals surface area contributed by atoms with E-state index < -0.39 is 0 Å². The summed E-state index contributed by atoms with van der Waals surface area (Å²) in [6, 6.07) is 3.29. The van der Waals surface area contributed by atoms with Crippen molar-refractivity contribution in [1.29, 1.82) is 0 Å². The van der Waals surface area contributed by atoms with E-state index in [0.29, 0.717) is 5.56 Å². The van der Waals surface area contributed by atoms with Gasteiger partial charge in [0.1, 0.15) is 5.82 Å². The van der Waals surface area contributed by atoms with Gasteiger partial charge in [-0.25, -0.2) is 4.39 Å². The lowest BCUT2D eigenvalue weighted by atomic mass is 9.95. The van der Waals surface area contributed by atoms with Crippen LogP contribution in [-0.2, 0) is 0 Å². The van der Waals surface area contributed by atoms with E-state index in [0.717, 1.165) is 17.7 Å². The molecule has 1 rings (SSSR count). The minimum atomic E-state index is -0.186. The summed E-state index contributed by atoms with van der Waals surface area (Å²) in [6.07, 6.45) is 1.01. The van der Waals surface area contributed by atoms with Gasteiger partial charge in [-0.15, -0.1) is 0 Å². The zero-order valence-electron chi connectivity index (χ0n) is 12.3. The van der Waals surface area contributed by atoms with Crippen LogP contribution in [0, 0.1) is 12.7 Å². The van der Waals surface area contributed by atoms with Gasteiger partial charge in [-0.2, -0.15) is 0 Å². The topological polar surface area (TPSA) is 29.3 Å². The van der Waals surface area contributed by atoms with E-state index in [1.54, 1.807) is 13.0 Å². The molecule has 0 radical (unpaired) electrons. The lowest BCUT2D eigenvalue weighted by Crippen LogP contribution is -2.41. The maximum absolute atomic E-state index is 13.7. The molecular weight excluding hydrogens is 227 g/mol. The molecule has 0 unspecified atom stereocenters. The van der Waals surface area contributed by atoms with Crippen molar-refractivity contribution in [3.8, 4) is 0 Å². The monoisotopic (exact) mass is 252 g/mol. The molecule has 2 nitrogen and oxygen atoms in total. The van der Waals surface area contributed by atoms with E-state index in [1.807, 2.05) is 20.0 Å². The molecule has 0 amide bonds. The van der Waals surface area contributed by atoms with Gasteiger partial charge >= 0.3 is 0 Å². The third-order valence-corrected chi connectivity index (χ3v) is 3.93. The fourth-order valence-electron chi connectivity index (χ4n) is 1.90. The Morgan fingerprint density at radius 1 is 1.39 bits per heavy atom. The number of aryl methyl sites for hydroxylation is 1. The second kappa shape index (κ2) is 5.27. The summed E-state index contributed by atoms with van der Waals surface area (Å²) >= 11 is 0. The molecule has 0 bridgehead atoms. The molecule has 1 aromatic rings. The Kier molecular flexibility index (Phi) is 4.38. The fourth-order valence-corrected chi connectivity index (χ4v) is 1.90. The zero-order chi connectivity index (χ0) is 14.1. The minimum Gasteiger partial charge on any atom is -0.369 e. The molecule has 0 saturated carbocycles. The highest BCUT2D eigenvalue weighted by Gasteiger charge is 2.24. The molecule has 3 heteroatoms. The highest BCUT2D eigenvalue weighted by molar-refractivity contribution is 5.58. The first kappa shape index (κ1) is 15.0. The largest absolute Gasteiger partial charge is 0.369 e. The van der Waals surface area contributed by atoms with Crippen LogP contribution >= 0.6 is 0 Å². The third-order valence-electron chi connectivity index (χ3n) is 3.93. The van der Waals surface area contributed by atoms with Crippen LogP contribution < -0.4 is 10.6 Å². The van der Waals surface area contributed by atoms with Crippen molar-refractivity contribution in [2.45, 2.75) is 52.6 Å². The van der Waals surface area contributed by atoms with Crippen LogP contribution in [-0.4, -0.2) is 12.6 Å². The number of rotatable bonds is 4. The Balaban J connectivity index is 3.34. The van der Waals surface area contributed by atoms with Gasteiger partial charge in [-0.3, -0.25) is 0 Å². The Hall–Kier alpha value is -1.09. The van der Waals surface area contributed by atoms with Crippen LogP contribution in [0.25, 0.3) is 0 Å². The van der Waals surface area contributed by atoms with E-state index >= 15 is 0 Å². The van der Waals surface area contributed by atoms with E-state index in [9.17, 15) is 4.39 Å². The summed E-state index contributed by atoms with van der Waals surface area (Å²) in [7, 11) is 2.04. The van der Waals surface area contributed by atoms with Crippen LogP contribution in [0.5, 0.6) is 0 Å². The first-order valence-electron chi connectivity index (χ1n) is 6.50. The number of anilines is 1. The molecule has 0 aliphatic heterocycles. The third kappa shape index (κ3) is 2.83. The van der Waals surface area contributed by atoms with Gasteiger partial charge < -0.3 is 10.6 Å². The second-order valence-electron chi connectivity index (χ2n) is 5.67. The molecular formula is C15H25FN2. The number of halogens is 1. The molecule has 2 N–H and O–H groups in total. The second-order valence-corrected chi connectivity index (χ2v) is 5.67. The predicted octanol–water partition coefficient (Wildman–Crippen LogP) is 3.78. The molecule has 0 fully saturated rings. The Bertz CT molecular complexity index is 425. The lowest BCUT2D eigenvalue weighted by molar-refractivity contribution is 0.468. The molecule has 18 heavy (non-hydrogen) atoms. The van der Waals surface area contributed by atoms with Gasteiger partial charge in [-0.05, 0) is 57.4 Å². The van der Waals surface area contributed by atoms with E-state index in [2.05, 4.69) is 25.7 Å². The Morgan fingerprint density at radius 3 is 2.39 bits per heavy atom. The molecule has 1 aromatic carbocycles. The standard InChI is InChI=1S/C15H25FN2/c1-7-15(4,5)18(6)14-8-10(2)13(16)9-12(14)11(3)17/h8-9,11H,7,17H2,1-6H3/t11-/m1/s1. The van der Waals surface area contributed by atoms with Gasteiger partial charge in [-0.1, -0.05) is 6.92 Å². The average Bonchev–Trinajstić information content (AvgIpc) is 2.30. The van der Waals surface area contributed by atoms with Crippen LogP contribution in [0.3, 0.4) is 0 Å². The van der Waals surface area contributed by atoms with Crippen molar-refractivity contribution < 1.29 is 4.39 Å². The average molecular weight is 252 g/mol. The number of hydrogen-bond acceptors (Lipinski definition) is 2.